The van der Waals surface area contributed by atoms with Crippen molar-refractivity contribution in [2.45, 2.75) is 18.9 Å². The summed E-state index contributed by atoms with van der Waals surface area (Å²) in [5.74, 6) is 2.76. The molecule has 1 saturated carbocycles. The Kier molecular flexibility index (Phi) is 2.28. The summed E-state index contributed by atoms with van der Waals surface area (Å²) in [6.45, 7) is 4.79. The van der Waals surface area contributed by atoms with Gasteiger partial charge < -0.3 is 4.74 Å². The van der Waals surface area contributed by atoms with Crippen LogP contribution in [-0.4, -0.2) is 12.7 Å². The maximum Gasteiger partial charge on any atom is 0.0710 e. The molecule has 0 unspecified atom stereocenters. The van der Waals surface area contributed by atoms with E-state index in [-0.39, 0.29) is 0 Å². The average Bonchev–Trinajstić information content (AvgIpc) is 2.63. The van der Waals surface area contributed by atoms with E-state index in [1.807, 2.05) is 0 Å². The van der Waals surface area contributed by atoms with E-state index >= 15 is 0 Å². The summed E-state index contributed by atoms with van der Waals surface area (Å²) >= 11 is 0. The fourth-order valence-corrected chi connectivity index (χ4v) is 3.65. The Morgan fingerprint density at radius 3 is 2.73 bits per heavy atom. The van der Waals surface area contributed by atoms with Gasteiger partial charge in [-0.2, -0.15) is 0 Å². The normalized spacial score (nSPS) is 47.3. The van der Waals surface area contributed by atoms with Crippen LogP contribution in [0.25, 0.3) is 0 Å². The van der Waals surface area contributed by atoms with E-state index in [1.54, 1.807) is 0 Å². The van der Waals surface area contributed by atoms with Gasteiger partial charge in [-0.15, -0.1) is 6.58 Å². The SMILES string of the molecule is C=C[C@H]1[C@H]2CC=CC[C@H]2[C@H]2C=CCO[C@@H]21. The molecule has 1 heterocycles. The molecule has 0 saturated heterocycles. The van der Waals surface area contributed by atoms with Gasteiger partial charge in [0.2, 0.25) is 0 Å². The summed E-state index contributed by atoms with van der Waals surface area (Å²) in [6.07, 6.45) is 14.2. The topological polar surface area (TPSA) is 9.23 Å². The summed E-state index contributed by atoms with van der Waals surface area (Å²) in [7, 11) is 0. The minimum atomic E-state index is 0.405. The first-order valence-electron chi connectivity index (χ1n) is 5.97. The Morgan fingerprint density at radius 2 is 1.93 bits per heavy atom. The zero-order valence-electron chi connectivity index (χ0n) is 9.01. The predicted octanol–water partition coefficient (Wildman–Crippen LogP) is 2.96. The molecule has 1 aliphatic heterocycles. The molecule has 0 aromatic rings. The Morgan fingerprint density at radius 1 is 1.13 bits per heavy atom. The van der Waals surface area contributed by atoms with Crippen molar-refractivity contribution in [1.82, 2.24) is 0 Å². The van der Waals surface area contributed by atoms with E-state index in [4.69, 9.17) is 4.74 Å². The Bertz CT molecular complexity index is 315. The molecule has 80 valence electrons. The largest absolute Gasteiger partial charge is 0.373 e. The summed E-state index contributed by atoms with van der Waals surface area (Å²) < 4.78 is 5.91. The van der Waals surface area contributed by atoms with Gasteiger partial charge in [0, 0.05) is 11.8 Å². The highest BCUT2D eigenvalue weighted by Crippen LogP contribution is 2.50. The van der Waals surface area contributed by atoms with Gasteiger partial charge in [0.15, 0.2) is 0 Å². The van der Waals surface area contributed by atoms with E-state index < -0.39 is 0 Å². The molecule has 1 heteroatoms. The second-order valence-electron chi connectivity index (χ2n) is 4.89. The van der Waals surface area contributed by atoms with Crippen molar-refractivity contribution in [1.29, 1.82) is 0 Å². The minimum absolute atomic E-state index is 0.405. The highest BCUT2D eigenvalue weighted by Gasteiger charge is 2.48. The zero-order chi connectivity index (χ0) is 10.3. The Labute approximate surface area is 91.5 Å². The highest BCUT2D eigenvalue weighted by atomic mass is 16.5. The molecule has 1 fully saturated rings. The molecule has 0 N–H and O–H groups in total. The van der Waals surface area contributed by atoms with Crippen LogP contribution >= 0.6 is 0 Å². The quantitative estimate of drug-likeness (QED) is 0.594. The molecule has 3 rings (SSSR count). The van der Waals surface area contributed by atoms with Crippen LogP contribution in [0.1, 0.15) is 12.8 Å². The lowest BCUT2D eigenvalue weighted by Gasteiger charge is -2.26. The molecule has 0 bridgehead atoms. The maximum absolute atomic E-state index is 5.91. The molecule has 5 atom stereocenters. The van der Waals surface area contributed by atoms with Crippen LogP contribution in [0.3, 0.4) is 0 Å². The van der Waals surface area contributed by atoms with Crippen LogP contribution in [0, 0.1) is 23.7 Å². The van der Waals surface area contributed by atoms with Crippen LogP contribution in [0.5, 0.6) is 0 Å². The van der Waals surface area contributed by atoms with Crippen LogP contribution in [-0.2, 0) is 4.74 Å². The van der Waals surface area contributed by atoms with Gasteiger partial charge in [-0.25, -0.2) is 0 Å². The lowest BCUT2D eigenvalue weighted by atomic mass is 9.79. The first-order valence-corrected chi connectivity index (χ1v) is 5.97. The first kappa shape index (κ1) is 9.41. The highest BCUT2D eigenvalue weighted by molar-refractivity contribution is 5.16. The maximum atomic E-state index is 5.91. The lowest BCUT2D eigenvalue weighted by Crippen LogP contribution is -2.27. The summed E-state index contributed by atoms with van der Waals surface area (Å²) in [5, 5.41) is 0. The van der Waals surface area contributed by atoms with Gasteiger partial charge >= 0.3 is 0 Å². The number of fused-ring (bicyclic) bond motifs is 3. The molecule has 0 radical (unpaired) electrons. The molecular weight excluding hydrogens is 184 g/mol. The smallest absolute Gasteiger partial charge is 0.0710 e. The van der Waals surface area contributed by atoms with E-state index in [9.17, 15) is 0 Å². The average molecular weight is 202 g/mol. The number of hydrogen-bond acceptors (Lipinski definition) is 1. The van der Waals surface area contributed by atoms with Crippen molar-refractivity contribution in [2.75, 3.05) is 6.61 Å². The second kappa shape index (κ2) is 3.64. The molecule has 0 aromatic carbocycles. The fraction of sp³-hybridized carbons (Fsp3) is 0.571. The molecule has 0 aromatic heterocycles. The summed E-state index contributed by atoms with van der Waals surface area (Å²) in [6, 6.07) is 0. The standard InChI is InChI=1S/C14H18O/c1-2-10-11-6-3-4-7-12(11)13-8-5-9-15-14(10)13/h2-5,8,10-14H,1,6-7,9H2/t10-,11+,12+,13+,14+/m0/s1. The molecule has 2 aliphatic carbocycles. The molecular formula is C14H18O. The number of rotatable bonds is 1. The van der Waals surface area contributed by atoms with E-state index in [1.165, 1.54) is 12.8 Å². The summed E-state index contributed by atoms with van der Waals surface area (Å²) in [5.41, 5.74) is 0. The van der Waals surface area contributed by atoms with Gasteiger partial charge in [-0.3, -0.25) is 0 Å². The third-order valence-electron chi connectivity index (χ3n) is 4.30. The number of allylic oxidation sites excluding steroid dienone is 2. The minimum Gasteiger partial charge on any atom is -0.373 e. The van der Waals surface area contributed by atoms with Crippen molar-refractivity contribution in [3.63, 3.8) is 0 Å². The lowest BCUT2D eigenvalue weighted by molar-refractivity contribution is 0.0236. The van der Waals surface area contributed by atoms with Crippen molar-refractivity contribution >= 4 is 0 Å². The van der Waals surface area contributed by atoms with Crippen LogP contribution in [0.15, 0.2) is 37.0 Å². The molecule has 1 nitrogen and oxygen atoms in total. The van der Waals surface area contributed by atoms with Crippen molar-refractivity contribution in [3.05, 3.63) is 37.0 Å². The second-order valence-corrected chi connectivity index (χ2v) is 4.89. The van der Waals surface area contributed by atoms with Crippen molar-refractivity contribution in [3.8, 4) is 0 Å². The molecule has 15 heavy (non-hydrogen) atoms. The number of hydrogen-bond donors (Lipinski definition) is 0. The monoisotopic (exact) mass is 202 g/mol. The van der Waals surface area contributed by atoms with Crippen molar-refractivity contribution in [2.24, 2.45) is 23.7 Å². The van der Waals surface area contributed by atoms with Crippen LogP contribution in [0.2, 0.25) is 0 Å². The third kappa shape index (κ3) is 1.33. The third-order valence-corrected chi connectivity index (χ3v) is 4.30. The van der Waals surface area contributed by atoms with Crippen LogP contribution < -0.4 is 0 Å². The zero-order valence-corrected chi connectivity index (χ0v) is 9.01. The van der Waals surface area contributed by atoms with E-state index in [0.29, 0.717) is 17.9 Å². The number of ether oxygens (including phenoxy) is 1. The first-order chi connectivity index (χ1) is 7.42. The summed E-state index contributed by atoms with van der Waals surface area (Å²) in [4.78, 5) is 0. The van der Waals surface area contributed by atoms with Gasteiger partial charge in [-0.05, 0) is 24.7 Å². The van der Waals surface area contributed by atoms with Gasteiger partial charge in [-0.1, -0.05) is 30.4 Å². The van der Waals surface area contributed by atoms with Crippen molar-refractivity contribution < 1.29 is 4.74 Å². The Hall–Kier alpha value is -0.820. The molecule has 0 spiro atoms. The predicted molar refractivity (Wildman–Crippen MR) is 61.4 cm³/mol. The van der Waals surface area contributed by atoms with E-state index in [0.717, 1.165) is 18.4 Å². The van der Waals surface area contributed by atoms with Gasteiger partial charge in [0.1, 0.15) is 0 Å². The van der Waals surface area contributed by atoms with Gasteiger partial charge in [0.25, 0.3) is 0 Å². The molecule has 3 aliphatic rings. The fourth-order valence-electron chi connectivity index (χ4n) is 3.65. The van der Waals surface area contributed by atoms with E-state index in [2.05, 4.69) is 37.0 Å². The van der Waals surface area contributed by atoms with Gasteiger partial charge in [0.05, 0.1) is 12.7 Å². The Balaban J connectivity index is 1.94. The van der Waals surface area contributed by atoms with Crippen LogP contribution in [0.4, 0.5) is 0 Å². The molecule has 0 amide bonds.